The molecule has 1 aromatic carbocycles. The Balaban J connectivity index is 2.87. The highest BCUT2D eigenvalue weighted by molar-refractivity contribution is 8.31. The monoisotopic (exact) mass is 360 g/mol. The first-order chi connectivity index (χ1) is 9.88. The highest BCUT2D eigenvalue weighted by Gasteiger charge is 2.49. The van der Waals surface area contributed by atoms with E-state index in [9.17, 15) is 26.4 Å². The van der Waals surface area contributed by atoms with Crippen molar-refractivity contribution in [2.45, 2.75) is 11.3 Å². The maximum atomic E-state index is 12.3. The van der Waals surface area contributed by atoms with E-state index in [-0.39, 0.29) is 11.3 Å². The van der Waals surface area contributed by atoms with Gasteiger partial charge in [0.25, 0.3) is 0 Å². The number of halogens is 3. The summed E-state index contributed by atoms with van der Waals surface area (Å²) in [5.74, 6) is -0.557. The van der Waals surface area contributed by atoms with Crippen LogP contribution in [0.3, 0.4) is 0 Å². The van der Waals surface area contributed by atoms with E-state index in [1.54, 1.807) is 0 Å². The first-order valence-electron chi connectivity index (χ1n) is 5.78. The Morgan fingerprint density at radius 2 is 1.64 bits per heavy atom. The molecule has 0 saturated carbocycles. The second-order valence-corrected chi connectivity index (χ2v) is 9.82. The molecule has 0 N–H and O–H groups in total. The lowest BCUT2D eigenvalue weighted by Gasteiger charge is -2.30. The lowest BCUT2D eigenvalue weighted by atomic mass is 10.1. The van der Waals surface area contributed by atoms with Crippen LogP contribution in [0.1, 0.15) is 15.9 Å². The van der Waals surface area contributed by atoms with Crippen LogP contribution < -0.4 is 0 Å². The molecule has 126 valence electrons. The third kappa shape index (κ3) is 4.89. The molecule has 0 aromatic heterocycles. The summed E-state index contributed by atoms with van der Waals surface area (Å²) < 4.78 is 68.0. The van der Waals surface area contributed by atoms with E-state index in [2.05, 4.69) is 8.37 Å². The maximum Gasteiger partial charge on any atom is 0.523 e. The standard InChI is InChI=1S/C12H15F3O5S2/c1-19-11(16)10-6-4-9(5-7-10)8-21(2,3)20-22(17,18)12(13,14)15/h4-7H,8H2,1-3H3. The minimum Gasteiger partial charge on any atom is -0.465 e. The van der Waals surface area contributed by atoms with Gasteiger partial charge in [-0.2, -0.15) is 21.6 Å². The average Bonchev–Trinajstić information content (AvgIpc) is 2.35. The van der Waals surface area contributed by atoms with E-state index in [1.807, 2.05) is 0 Å². The van der Waals surface area contributed by atoms with Gasteiger partial charge in [-0.25, -0.2) is 8.42 Å². The van der Waals surface area contributed by atoms with Crippen LogP contribution in [0, 0.1) is 0 Å². The lowest BCUT2D eigenvalue weighted by Crippen LogP contribution is -2.27. The SMILES string of the molecule is COC(=O)c1ccc(CS(C)(C)OS(=O)(=O)C(F)(F)F)cc1. The van der Waals surface area contributed by atoms with Crippen LogP contribution in [0.4, 0.5) is 13.2 Å². The number of carbonyl (C=O) groups excluding carboxylic acids is 1. The van der Waals surface area contributed by atoms with Crippen LogP contribution in [-0.2, 0) is 24.2 Å². The summed E-state index contributed by atoms with van der Waals surface area (Å²) in [6.07, 6.45) is 2.62. The molecule has 0 fully saturated rings. The Morgan fingerprint density at radius 1 is 1.14 bits per heavy atom. The second-order valence-electron chi connectivity index (χ2n) is 4.74. The molecular weight excluding hydrogens is 345 g/mol. The number of ether oxygens (including phenoxy) is 1. The number of esters is 1. The van der Waals surface area contributed by atoms with Gasteiger partial charge >= 0.3 is 21.6 Å². The Hall–Kier alpha value is -1.26. The van der Waals surface area contributed by atoms with Crippen molar-refractivity contribution in [3.63, 3.8) is 0 Å². The first kappa shape index (κ1) is 18.8. The van der Waals surface area contributed by atoms with E-state index in [0.717, 1.165) is 0 Å². The topological polar surface area (TPSA) is 69.7 Å². The highest BCUT2D eigenvalue weighted by atomic mass is 32.3. The maximum absolute atomic E-state index is 12.3. The fourth-order valence-electron chi connectivity index (χ4n) is 1.56. The fourth-order valence-corrected chi connectivity index (χ4v) is 5.00. The molecule has 0 bridgehead atoms. The summed E-state index contributed by atoms with van der Waals surface area (Å²) >= 11 is 0. The Labute approximate surface area is 128 Å². The molecule has 5 nitrogen and oxygen atoms in total. The highest BCUT2D eigenvalue weighted by Crippen LogP contribution is 2.49. The van der Waals surface area contributed by atoms with Crippen LogP contribution in [-0.4, -0.2) is 39.5 Å². The minimum atomic E-state index is -5.64. The van der Waals surface area contributed by atoms with Gasteiger partial charge < -0.3 is 4.74 Å². The molecule has 10 heteroatoms. The third-order valence-corrected chi connectivity index (χ3v) is 6.23. The van der Waals surface area contributed by atoms with Gasteiger partial charge in [-0.05, 0) is 30.2 Å². The largest absolute Gasteiger partial charge is 0.523 e. The Bertz CT molecular complexity index is 636. The van der Waals surface area contributed by atoms with Crippen molar-refractivity contribution >= 4 is 26.4 Å². The van der Waals surface area contributed by atoms with Crippen molar-refractivity contribution in [1.82, 2.24) is 0 Å². The molecule has 0 radical (unpaired) electrons. The zero-order chi connectivity index (χ0) is 17.2. The van der Waals surface area contributed by atoms with Crippen molar-refractivity contribution in [1.29, 1.82) is 0 Å². The molecule has 0 saturated heterocycles. The third-order valence-electron chi connectivity index (χ3n) is 2.45. The molecule has 22 heavy (non-hydrogen) atoms. The predicted molar refractivity (Wildman–Crippen MR) is 77.0 cm³/mol. The molecule has 1 rings (SSSR count). The molecule has 0 amide bonds. The average molecular weight is 360 g/mol. The summed E-state index contributed by atoms with van der Waals surface area (Å²) in [6.45, 7) is 0. The normalized spacial score (nSPS) is 13.7. The van der Waals surface area contributed by atoms with Gasteiger partial charge in [-0.1, -0.05) is 12.1 Å². The number of hydrogen-bond acceptors (Lipinski definition) is 5. The molecule has 0 spiro atoms. The van der Waals surface area contributed by atoms with Crippen molar-refractivity contribution in [2.24, 2.45) is 0 Å². The molecule has 0 unspecified atom stereocenters. The number of methoxy groups -OCH3 is 1. The van der Waals surface area contributed by atoms with Crippen LogP contribution >= 0.6 is 10.3 Å². The Morgan fingerprint density at radius 3 is 2.05 bits per heavy atom. The van der Waals surface area contributed by atoms with Gasteiger partial charge in [0, 0.05) is 5.75 Å². The number of alkyl halides is 3. The number of benzene rings is 1. The van der Waals surface area contributed by atoms with Crippen molar-refractivity contribution in [3.8, 4) is 0 Å². The molecule has 0 aliphatic heterocycles. The molecule has 0 aliphatic carbocycles. The van der Waals surface area contributed by atoms with E-state index in [4.69, 9.17) is 0 Å². The van der Waals surface area contributed by atoms with Crippen LogP contribution in [0.15, 0.2) is 24.3 Å². The number of carbonyl (C=O) groups is 1. The summed E-state index contributed by atoms with van der Waals surface area (Å²) in [6, 6.07) is 5.89. The van der Waals surface area contributed by atoms with E-state index >= 15 is 0 Å². The fraction of sp³-hybridized carbons (Fsp3) is 0.417. The lowest BCUT2D eigenvalue weighted by molar-refractivity contribution is -0.0496. The molecular formula is C12H15F3O5S2. The zero-order valence-electron chi connectivity index (χ0n) is 12.0. The smallest absolute Gasteiger partial charge is 0.465 e. The van der Waals surface area contributed by atoms with E-state index in [1.165, 1.54) is 43.9 Å². The van der Waals surface area contributed by atoms with Gasteiger partial charge in [0.15, 0.2) is 0 Å². The second kappa shape index (κ2) is 6.47. The number of hydrogen-bond donors (Lipinski definition) is 0. The predicted octanol–water partition coefficient (Wildman–Crippen LogP) is 2.82. The van der Waals surface area contributed by atoms with Crippen LogP contribution in [0.2, 0.25) is 0 Å². The number of rotatable bonds is 5. The van der Waals surface area contributed by atoms with E-state index < -0.39 is 31.9 Å². The molecule has 0 heterocycles. The molecule has 0 atom stereocenters. The molecule has 0 aliphatic rings. The zero-order valence-corrected chi connectivity index (χ0v) is 13.6. The molecule has 1 aromatic rings. The summed E-state index contributed by atoms with van der Waals surface area (Å²) in [4.78, 5) is 11.3. The van der Waals surface area contributed by atoms with Gasteiger partial charge in [0.1, 0.15) is 0 Å². The summed E-state index contributed by atoms with van der Waals surface area (Å²) in [5.41, 5.74) is -4.63. The quantitative estimate of drug-likeness (QED) is 0.597. The van der Waals surface area contributed by atoms with Gasteiger partial charge in [0.2, 0.25) is 0 Å². The van der Waals surface area contributed by atoms with Gasteiger partial charge in [0.05, 0.1) is 12.7 Å². The van der Waals surface area contributed by atoms with Gasteiger partial charge in [-0.15, -0.1) is 10.3 Å². The van der Waals surface area contributed by atoms with E-state index in [0.29, 0.717) is 5.56 Å². The first-order valence-corrected chi connectivity index (χ1v) is 9.74. The van der Waals surface area contributed by atoms with Crippen LogP contribution in [0.25, 0.3) is 0 Å². The minimum absolute atomic E-state index is 0.0102. The van der Waals surface area contributed by atoms with Gasteiger partial charge in [-0.3, -0.25) is 0 Å². The van der Waals surface area contributed by atoms with Crippen LogP contribution in [0.5, 0.6) is 0 Å². The summed E-state index contributed by atoms with van der Waals surface area (Å²) in [7, 11) is -6.95. The van der Waals surface area contributed by atoms with Crippen molar-refractivity contribution in [3.05, 3.63) is 35.4 Å². The summed E-state index contributed by atoms with van der Waals surface area (Å²) in [5, 5.41) is 0. The van der Waals surface area contributed by atoms with Crippen molar-refractivity contribution in [2.75, 3.05) is 19.6 Å². The van der Waals surface area contributed by atoms with Crippen molar-refractivity contribution < 1.29 is 34.7 Å². The Kier molecular flexibility index (Phi) is 5.52.